The molecule has 1 aromatic carbocycles. The van der Waals surface area contributed by atoms with E-state index in [9.17, 15) is 26.3 Å². The Bertz CT molecular complexity index is 947. The number of aromatic amines is 1. The Morgan fingerprint density at radius 3 is 2.26 bits per heavy atom. The number of hydrogen-bond acceptors (Lipinski definition) is 6. The minimum atomic E-state index is -5.08. The van der Waals surface area contributed by atoms with Crippen LogP contribution in [0, 0.1) is 6.92 Å². The first-order valence-corrected chi connectivity index (χ1v) is 10.2. The second-order valence-corrected chi connectivity index (χ2v) is 7.31. The fourth-order valence-electron chi connectivity index (χ4n) is 3.00. The summed E-state index contributed by atoms with van der Waals surface area (Å²) in [7, 11) is 5.19. The third-order valence-corrected chi connectivity index (χ3v) is 4.64. The summed E-state index contributed by atoms with van der Waals surface area (Å²) < 4.78 is 82.4. The van der Waals surface area contributed by atoms with Crippen molar-refractivity contribution >= 4 is 5.97 Å². The van der Waals surface area contributed by atoms with E-state index in [1.165, 1.54) is 7.11 Å². The maximum Gasteiger partial charge on any atom is 0.490 e. The van der Waals surface area contributed by atoms with Gasteiger partial charge in [-0.2, -0.15) is 31.4 Å². The van der Waals surface area contributed by atoms with Crippen LogP contribution in [0.2, 0.25) is 0 Å². The quantitative estimate of drug-likeness (QED) is 0.284. The lowest BCUT2D eigenvalue weighted by atomic mass is 9.97. The predicted octanol–water partition coefficient (Wildman–Crippen LogP) is 3.41. The van der Waals surface area contributed by atoms with Gasteiger partial charge in [0.05, 0.1) is 17.9 Å². The normalized spacial score (nSPS) is 12.6. The number of nitrogens with zero attached hydrogens (tertiary/aromatic N) is 1. The Kier molecular flexibility index (Phi) is 11.5. The van der Waals surface area contributed by atoms with E-state index in [0.29, 0.717) is 35.5 Å². The van der Waals surface area contributed by atoms with Crippen molar-refractivity contribution < 1.29 is 45.7 Å². The standard InChI is InChI=1S/C19H27F3N4O2.C2HF3O2/c1-12-18(17(26-25-12)10-15(24-3)11-23-2)13-7-14(19(20,21)22)9-16(8-13)28-6-5-27-4;3-2(4,5)1(6)7/h7-9,15,23-24H,5-6,10-11H2,1-4H3,(H,25,26);(H,6,7). The highest BCUT2D eigenvalue weighted by molar-refractivity contribution is 5.73. The molecule has 8 nitrogen and oxygen atoms in total. The zero-order chi connectivity index (χ0) is 26.8. The van der Waals surface area contributed by atoms with Gasteiger partial charge in [-0.3, -0.25) is 5.10 Å². The summed E-state index contributed by atoms with van der Waals surface area (Å²) in [5, 5.41) is 20.6. The van der Waals surface area contributed by atoms with Crippen molar-refractivity contribution in [2.24, 2.45) is 0 Å². The molecular weight excluding hydrogens is 486 g/mol. The molecule has 0 aliphatic heterocycles. The first-order valence-electron chi connectivity index (χ1n) is 10.2. The molecule has 198 valence electrons. The Labute approximate surface area is 198 Å². The lowest BCUT2D eigenvalue weighted by Crippen LogP contribution is -2.37. The van der Waals surface area contributed by atoms with Crippen molar-refractivity contribution in [1.82, 2.24) is 20.8 Å². The van der Waals surface area contributed by atoms with Crippen LogP contribution < -0.4 is 15.4 Å². The number of benzene rings is 1. The van der Waals surface area contributed by atoms with E-state index in [1.807, 2.05) is 14.1 Å². The molecule has 0 saturated heterocycles. The number of aliphatic carboxylic acids is 1. The average Bonchev–Trinajstić information content (AvgIpc) is 3.12. The fourth-order valence-corrected chi connectivity index (χ4v) is 3.00. The molecule has 0 fully saturated rings. The SMILES string of the molecule is CNCC(Cc1n[nH]c(C)c1-c1cc(OCCOC)cc(C(F)(F)F)c1)NC.O=C(O)C(F)(F)F. The molecule has 2 rings (SSSR count). The van der Waals surface area contributed by atoms with Crippen LogP contribution in [0.5, 0.6) is 5.75 Å². The maximum absolute atomic E-state index is 13.4. The highest BCUT2D eigenvalue weighted by atomic mass is 19.4. The topological polar surface area (TPSA) is 109 Å². The molecule has 2 aromatic rings. The van der Waals surface area contributed by atoms with Gasteiger partial charge in [0, 0.05) is 37.4 Å². The number of halogens is 6. The smallest absolute Gasteiger partial charge is 0.490 e. The summed E-state index contributed by atoms with van der Waals surface area (Å²) in [6, 6.07) is 3.84. The molecule has 1 unspecified atom stereocenters. The molecule has 0 spiro atoms. The highest BCUT2D eigenvalue weighted by Gasteiger charge is 2.38. The van der Waals surface area contributed by atoms with Gasteiger partial charge in [-0.25, -0.2) is 4.79 Å². The lowest BCUT2D eigenvalue weighted by molar-refractivity contribution is -0.192. The van der Waals surface area contributed by atoms with Crippen molar-refractivity contribution in [3.63, 3.8) is 0 Å². The molecule has 0 aliphatic rings. The number of aryl methyl sites for hydroxylation is 1. The summed E-state index contributed by atoms with van der Waals surface area (Å²) in [5.41, 5.74) is 1.73. The van der Waals surface area contributed by atoms with Gasteiger partial charge in [0.2, 0.25) is 0 Å². The Morgan fingerprint density at radius 2 is 1.77 bits per heavy atom. The van der Waals surface area contributed by atoms with Crippen molar-refractivity contribution in [1.29, 1.82) is 0 Å². The molecule has 1 heterocycles. The van der Waals surface area contributed by atoms with Crippen molar-refractivity contribution in [3.8, 4) is 16.9 Å². The minimum absolute atomic E-state index is 0.0923. The zero-order valence-electron chi connectivity index (χ0n) is 19.5. The van der Waals surface area contributed by atoms with Gasteiger partial charge in [-0.05, 0) is 44.8 Å². The average molecular weight is 514 g/mol. The molecule has 0 saturated carbocycles. The summed E-state index contributed by atoms with van der Waals surface area (Å²) in [6.07, 6.45) is -9.00. The summed E-state index contributed by atoms with van der Waals surface area (Å²) in [4.78, 5) is 8.90. The number of H-pyrrole nitrogens is 1. The first kappa shape index (κ1) is 30.2. The van der Waals surface area contributed by atoms with Crippen LogP contribution in [0.4, 0.5) is 26.3 Å². The van der Waals surface area contributed by atoms with Crippen molar-refractivity contribution in [2.75, 3.05) is 41.0 Å². The molecule has 1 atom stereocenters. The number of carbonyl (C=O) groups is 1. The molecular formula is C21H28F6N4O4. The van der Waals surface area contributed by atoms with E-state index < -0.39 is 23.9 Å². The molecule has 1 aromatic heterocycles. The van der Waals surface area contributed by atoms with Gasteiger partial charge in [-0.1, -0.05) is 0 Å². The van der Waals surface area contributed by atoms with Crippen LogP contribution in [0.3, 0.4) is 0 Å². The first-order chi connectivity index (χ1) is 16.2. The van der Waals surface area contributed by atoms with Gasteiger partial charge < -0.3 is 25.2 Å². The number of ether oxygens (including phenoxy) is 2. The third-order valence-electron chi connectivity index (χ3n) is 4.64. The highest BCUT2D eigenvalue weighted by Crippen LogP contribution is 2.37. The largest absolute Gasteiger partial charge is 0.491 e. The van der Waals surface area contributed by atoms with E-state index in [1.54, 1.807) is 13.0 Å². The molecule has 0 radical (unpaired) electrons. The minimum Gasteiger partial charge on any atom is -0.491 e. The number of hydrogen-bond donors (Lipinski definition) is 4. The van der Waals surface area contributed by atoms with Gasteiger partial charge in [0.25, 0.3) is 0 Å². The van der Waals surface area contributed by atoms with Crippen LogP contribution in [0.1, 0.15) is 17.0 Å². The van der Waals surface area contributed by atoms with Gasteiger partial charge in [-0.15, -0.1) is 0 Å². The van der Waals surface area contributed by atoms with Crippen LogP contribution in [-0.4, -0.2) is 74.5 Å². The molecule has 0 amide bonds. The number of likely N-dealkylation sites (N-methyl/N-ethyl adjacent to an activating group) is 2. The summed E-state index contributed by atoms with van der Waals surface area (Å²) in [6.45, 7) is 2.95. The van der Waals surface area contributed by atoms with E-state index in [0.717, 1.165) is 12.1 Å². The van der Waals surface area contributed by atoms with Crippen LogP contribution in [-0.2, 0) is 22.1 Å². The van der Waals surface area contributed by atoms with Crippen molar-refractivity contribution in [3.05, 3.63) is 35.2 Å². The number of alkyl halides is 6. The molecule has 14 heteroatoms. The fraction of sp³-hybridized carbons (Fsp3) is 0.524. The Balaban J connectivity index is 0.000000762. The van der Waals surface area contributed by atoms with Crippen LogP contribution in [0.15, 0.2) is 18.2 Å². The van der Waals surface area contributed by atoms with Gasteiger partial charge in [0.1, 0.15) is 12.4 Å². The van der Waals surface area contributed by atoms with E-state index in [4.69, 9.17) is 19.4 Å². The second-order valence-electron chi connectivity index (χ2n) is 7.31. The lowest BCUT2D eigenvalue weighted by Gasteiger charge is -2.17. The zero-order valence-corrected chi connectivity index (χ0v) is 19.5. The number of aromatic nitrogens is 2. The third kappa shape index (κ3) is 9.74. The predicted molar refractivity (Wildman–Crippen MR) is 115 cm³/mol. The second kappa shape index (κ2) is 13.3. The monoisotopic (exact) mass is 514 g/mol. The number of nitrogens with one attached hydrogen (secondary N) is 3. The van der Waals surface area contributed by atoms with Gasteiger partial charge in [0.15, 0.2) is 0 Å². The van der Waals surface area contributed by atoms with E-state index >= 15 is 0 Å². The molecule has 35 heavy (non-hydrogen) atoms. The van der Waals surface area contributed by atoms with Crippen LogP contribution >= 0.6 is 0 Å². The Morgan fingerprint density at radius 1 is 1.14 bits per heavy atom. The maximum atomic E-state index is 13.4. The van der Waals surface area contributed by atoms with Gasteiger partial charge >= 0.3 is 18.3 Å². The summed E-state index contributed by atoms with van der Waals surface area (Å²) in [5.74, 6) is -2.61. The summed E-state index contributed by atoms with van der Waals surface area (Å²) >= 11 is 0. The molecule has 0 bridgehead atoms. The number of carboxylic acid groups (broad SMARTS) is 1. The molecule has 4 N–H and O–H groups in total. The number of carboxylic acids is 1. The van der Waals surface area contributed by atoms with E-state index in [2.05, 4.69) is 20.8 Å². The van der Waals surface area contributed by atoms with E-state index in [-0.39, 0.29) is 25.0 Å². The van der Waals surface area contributed by atoms with Crippen molar-refractivity contribution in [2.45, 2.75) is 31.7 Å². The van der Waals surface area contributed by atoms with Crippen LogP contribution in [0.25, 0.3) is 11.1 Å². The molecule has 0 aliphatic carbocycles. The number of methoxy groups -OCH3 is 1. The Hall–Kier alpha value is -2.84. The number of rotatable bonds is 10.